The second-order valence-electron chi connectivity index (χ2n) is 14.3. The highest BCUT2D eigenvalue weighted by Crippen LogP contribution is 2.61. The van der Waals surface area contributed by atoms with Gasteiger partial charge in [-0.25, -0.2) is 0 Å². The number of carbonyl (C=O) groups excluding carboxylic acids is 1. The third kappa shape index (κ3) is 5.58. The predicted molar refractivity (Wildman–Crippen MR) is 216 cm³/mol. The lowest BCUT2D eigenvalue weighted by Crippen LogP contribution is -2.35. The average Bonchev–Trinajstić information content (AvgIpc) is 3.47. The molecule has 0 unspecified atom stereocenters. The lowest BCUT2D eigenvalue weighted by molar-refractivity contribution is 0.102. The zero-order valence-corrected chi connectivity index (χ0v) is 31.1. The number of carbonyl (C=O) groups is 1. The van der Waals surface area contributed by atoms with Gasteiger partial charge < -0.3 is 19.5 Å². The molecule has 0 fully saturated rings. The van der Waals surface area contributed by atoms with E-state index in [1.165, 1.54) is 27.8 Å². The standard InChI is InChI=1S/C48H45NO4/c1-6-26-47(27-7-2)42-29-31(3)13-23-39(42)43-41-30-35(49-46(50)32-11-9-8-10-12-32)18-24-38(41)45-40(44(43)47)25-28-48(53-45,33-14-19-36(51-4)20-15-33)34-16-21-37(52-5)22-17-34/h8-25,28-30H,6-7,26-27H2,1-5H3,(H,49,50). The van der Waals surface area contributed by atoms with Gasteiger partial charge in [-0.15, -0.1) is 0 Å². The van der Waals surface area contributed by atoms with Crippen LogP contribution in [0.3, 0.4) is 0 Å². The van der Waals surface area contributed by atoms with Gasteiger partial charge in [-0.3, -0.25) is 4.79 Å². The molecule has 1 aliphatic carbocycles. The zero-order chi connectivity index (χ0) is 36.7. The first-order chi connectivity index (χ1) is 25.9. The lowest BCUT2D eigenvalue weighted by Gasteiger charge is -2.40. The first kappa shape index (κ1) is 34.3. The van der Waals surface area contributed by atoms with E-state index in [1.54, 1.807) is 14.2 Å². The largest absolute Gasteiger partial charge is 0.497 e. The van der Waals surface area contributed by atoms with Gasteiger partial charge in [0.05, 0.1) is 14.2 Å². The number of methoxy groups -OCH3 is 2. The molecule has 0 saturated heterocycles. The summed E-state index contributed by atoms with van der Waals surface area (Å²) >= 11 is 0. The molecule has 5 heteroatoms. The van der Waals surface area contributed by atoms with Crippen LogP contribution < -0.4 is 19.5 Å². The molecule has 6 aromatic rings. The van der Waals surface area contributed by atoms with E-state index in [4.69, 9.17) is 14.2 Å². The van der Waals surface area contributed by atoms with E-state index < -0.39 is 5.60 Å². The van der Waals surface area contributed by atoms with Crippen LogP contribution in [0.1, 0.15) is 83.3 Å². The summed E-state index contributed by atoms with van der Waals surface area (Å²) in [6.07, 6.45) is 8.66. The maximum absolute atomic E-state index is 13.5. The first-order valence-electron chi connectivity index (χ1n) is 18.6. The molecule has 0 saturated carbocycles. The van der Waals surface area contributed by atoms with Gasteiger partial charge in [0.2, 0.25) is 0 Å². The quantitative estimate of drug-likeness (QED) is 0.155. The number of nitrogens with one attached hydrogen (secondary N) is 1. The molecular formula is C48H45NO4. The Morgan fingerprint density at radius 1 is 0.736 bits per heavy atom. The molecule has 0 bridgehead atoms. The molecule has 0 atom stereocenters. The highest BCUT2D eigenvalue weighted by atomic mass is 16.5. The van der Waals surface area contributed by atoms with Gasteiger partial charge in [-0.1, -0.05) is 99.0 Å². The van der Waals surface area contributed by atoms with Crippen LogP contribution in [0.15, 0.2) is 121 Å². The molecule has 2 aliphatic rings. The summed E-state index contributed by atoms with van der Waals surface area (Å²) in [7, 11) is 3.37. The van der Waals surface area contributed by atoms with E-state index in [1.807, 2.05) is 60.7 Å². The van der Waals surface area contributed by atoms with Crippen molar-refractivity contribution in [3.05, 3.63) is 160 Å². The van der Waals surface area contributed by atoms with Crippen molar-refractivity contribution in [2.75, 3.05) is 19.5 Å². The van der Waals surface area contributed by atoms with Crippen LogP contribution in [0.25, 0.3) is 28.0 Å². The molecule has 1 heterocycles. The Kier molecular flexibility index (Phi) is 8.82. The summed E-state index contributed by atoms with van der Waals surface area (Å²) in [5.41, 5.74) is 9.79. The molecule has 0 aromatic heterocycles. The van der Waals surface area contributed by atoms with Crippen LogP contribution in [-0.4, -0.2) is 20.1 Å². The fraction of sp³-hybridized carbons (Fsp3) is 0.229. The van der Waals surface area contributed by atoms with Crippen LogP contribution in [-0.2, 0) is 11.0 Å². The number of benzene rings is 6. The van der Waals surface area contributed by atoms with Crippen molar-refractivity contribution in [2.45, 2.75) is 57.5 Å². The van der Waals surface area contributed by atoms with Crippen molar-refractivity contribution >= 4 is 28.4 Å². The maximum atomic E-state index is 13.5. The molecule has 6 aromatic carbocycles. The lowest BCUT2D eigenvalue weighted by atomic mass is 9.69. The molecule has 8 rings (SSSR count). The second kappa shape index (κ2) is 13.6. The Morgan fingerprint density at radius 3 is 1.98 bits per heavy atom. The number of aryl methyl sites for hydroxylation is 1. The number of anilines is 1. The molecule has 0 radical (unpaired) electrons. The van der Waals surface area contributed by atoms with Crippen molar-refractivity contribution in [3.8, 4) is 28.4 Å². The summed E-state index contributed by atoms with van der Waals surface area (Å²) in [4.78, 5) is 13.5. The SMILES string of the molecule is CCCC1(CCC)c2cc(C)ccc2-c2c1c1c(c3ccc(NC(=O)c4ccccc4)cc23)OC(c2ccc(OC)cc2)(c2ccc(OC)cc2)C=C1. The fourth-order valence-corrected chi connectivity index (χ4v) is 8.85. The number of fused-ring (bicyclic) bond motifs is 8. The van der Waals surface area contributed by atoms with E-state index in [0.29, 0.717) is 5.56 Å². The molecule has 0 spiro atoms. The second-order valence-corrected chi connectivity index (χ2v) is 14.3. The van der Waals surface area contributed by atoms with Crippen LogP contribution in [0.5, 0.6) is 17.2 Å². The molecule has 266 valence electrons. The normalized spacial score (nSPS) is 14.5. The van der Waals surface area contributed by atoms with Crippen molar-refractivity contribution < 1.29 is 19.0 Å². The Labute approximate surface area is 312 Å². The topological polar surface area (TPSA) is 56.8 Å². The third-order valence-corrected chi connectivity index (χ3v) is 11.2. The summed E-state index contributed by atoms with van der Waals surface area (Å²) in [6, 6.07) is 38.9. The number of ether oxygens (including phenoxy) is 3. The molecule has 53 heavy (non-hydrogen) atoms. The van der Waals surface area contributed by atoms with Crippen molar-refractivity contribution in [3.63, 3.8) is 0 Å². The van der Waals surface area contributed by atoms with Crippen LogP contribution >= 0.6 is 0 Å². The van der Waals surface area contributed by atoms with Gasteiger partial charge in [0.25, 0.3) is 5.91 Å². The summed E-state index contributed by atoms with van der Waals surface area (Å²) < 4.78 is 18.7. The fourth-order valence-electron chi connectivity index (χ4n) is 8.85. The predicted octanol–water partition coefficient (Wildman–Crippen LogP) is 11.6. The number of hydrogen-bond acceptors (Lipinski definition) is 4. The van der Waals surface area contributed by atoms with Gasteiger partial charge in [0, 0.05) is 38.7 Å². The van der Waals surface area contributed by atoms with Gasteiger partial charge >= 0.3 is 0 Å². The van der Waals surface area contributed by atoms with Crippen LogP contribution in [0, 0.1) is 6.92 Å². The minimum absolute atomic E-state index is 0.140. The minimum Gasteiger partial charge on any atom is -0.497 e. The molecule has 1 N–H and O–H groups in total. The highest BCUT2D eigenvalue weighted by molar-refractivity contribution is 6.11. The van der Waals surface area contributed by atoms with E-state index in [9.17, 15) is 4.79 Å². The van der Waals surface area contributed by atoms with E-state index in [2.05, 4.69) is 92.8 Å². The zero-order valence-electron chi connectivity index (χ0n) is 31.1. The molecule has 5 nitrogen and oxygen atoms in total. The molecule has 1 aliphatic heterocycles. The van der Waals surface area contributed by atoms with Gasteiger partial charge in [0.1, 0.15) is 17.2 Å². The van der Waals surface area contributed by atoms with E-state index in [0.717, 1.165) is 76.1 Å². The highest BCUT2D eigenvalue weighted by Gasteiger charge is 2.47. The van der Waals surface area contributed by atoms with Crippen molar-refractivity contribution in [1.82, 2.24) is 0 Å². The monoisotopic (exact) mass is 699 g/mol. The molecule has 1 amide bonds. The van der Waals surface area contributed by atoms with Crippen LogP contribution in [0.4, 0.5) is 5.69 Å². The number of hydrogen-bond donors (Lipinski definition) is 1. The molecular weight excluding hydrogens is 655 g/mol. The Hall–Kier alpha value is -5.81. The van der Waals surface area contributed by atoms with Crippen LogP contribution in [0.2, 0.25) is 0 Å². The summed E-state index contributed by atoms with van der Waals surface area (Å²) in [5, 5.41) is 5.27. The Bertz CT molecular complexity index is 2300. The number of rotatable bonds is 10. The van der Waals surface area contributed by atoms with Gasteiger partial charge in [-0.2, -0.15) is 0 Å². The first-order valence-corrected chi connectivity index (χ1v) is 18.6. The smallest absolute Gasteiger partial charge is 0.255 e. The Balaban J connectivity index is 1.42. The number of amides is 1. The van der Waals surface area contributed by atoms with E-state index in [-0.39, 0.29) is 11.3 Å². The minimum atomic E-state index is -0.937. The van der Waals surface area contributed by atoms with Gasteiger partial charge in [0.15, 0.2) is 5.60 Å². The van der Waals surface area contributed by atoms with Crippen molar-refractivity contribution in [1.29, 1.82) is 0 Å². The maximum Gasteiger partial charge on any atom is 0.255 e. The Morgan fingerprint density at radius 2 is 1.38 bits per heavy atom. The summed E-state index contributed by atoms with van der Waals surface area (Å²) in [5.74, 6) is 2.27. The van der Waals surface area contributed by atoms with E-state index >= 15 is 0 Å². The average molecular weight is 700 g/mol. The van der Waals surface area contributed by atoms with Gasteiger partial charge in [-0.05, 0) is 108 Å². The van der Waals surface area contributed by atoms with Crippen molar-refractivity contribution in [2.24, 2.45) is 0 Å². The summed E-state index contributed by atoms with van der Waals surface area (Å²) in [6.45, 7) is 6.78. The third-order valence-electron chi connectivity index (χ3n) is 11.2.